The van der Waals surface area contributed by atoms with Crippen LogP contribution >= 0.6 is 0 Å². The van der Waals surface area contributed by atoms with Crippen LogP contribution in [0.2, 0.25) is 0 Å². The predicted octanol–water partition coefficient (Wildman–Crippen LogP) is 1.99. The average Bonchev–Trinajstić information content (AvgIpc) is 2.46. The Kier molecular flexibility index (Phi) is 5.17. The van der Waals surface area contributed by atoms with Gasteiger partial charge in [-0.2, -0.15) is 0 Å². The Balaban J connectivity index is 2.05. The van der Waals surface area contributed by atoms with E-state index in [1.807, 2.05) is 17.0 Å². The molecule has 0 saturated carbocycles. The Morgan fingerprint density at radius 1 is 1.29 bits per heavy atom. The van der Waals surface area contributed by atoms with E-state index in [4.69, 9.17) is 0 Å². The number of benzene rings is 1. The number of rotatable bonds is 4. The van der Waals surface area contributed by atoms with Gasteiger partial charge in [-0.3, -0.25) is 4.79 Å². The van der Waals surface area contributed by atoms with Crippen molar-refractivity contribution in [3.63, 3.8) is 0 Å². The standard InChI is InChI=1S/C16H24FN3O/c1-12(2)18-11-14-4-5-15(17)16(10-14)20-8-6-19(7-9-20)13(3)21/h4-5,10,12,18H,6-9,11H2,1-3H3. The van der Waals surface area contributed by atoms with E-state index in [1.54, 1.807) is 11.8 Å². The molecule has 1 N–H and O–H groups in total. The summed E-state index contributed by atoms with van der Waals surface area (Å²) in [5.74, 6) is -0.107. The molecule has 0 aromatic heterocycles. The second-order valence-electron chi connectivity index (χ2n) is 5.81. The summed E-state index contributed by atoms with van der Waals surface area (Å²) in [7, 11) is 0. The monoisotopic (exact) mass is 293 g/mol. The van der Waals surface area contributed by atoms with Gasteiger partial charge in [-0.1, -0.05) is 19.9 Å². The van der Waals surface area contributed by atoms with Crippen LogP contribution in [0.15, 0.2) is 18.2 Å². The molecule has 0 bridgehead atoms. The molecule has 0 atom stereocenters. The highest BCUT2D eigenvalue weighted by Gasteiger charge is 2.21. The molecule has 0 spiro atoms. The zero-order chi connectivity index (χ0) is 15.4. The molecule has 2 rings (SSSR count). The molecule has 1 aromatic carbocycles. The normalized spacial score (nSPS) is 15.7. The molecular formula is C16H24FN3O. The van der Waals surface area contributed by atoms with Gasteiger partial charge in [0.2, 0.25) is 5.91 Å². The Hall–Kier alpha value is -1.62. The van der Waals surface area contributed by atoms with Gasteiger partial charge >= 0.3 is 0 Å². The molecule has 21 heavy (non-hydrogen) atoms. The fraction of sp³-hybridized carbons (Fsp3) is 0.562. The van der Waals surface area contributed by atoms with Gasteiger partial charge in [0.25, 0.3) is 0 Å². The van der Waals surface area contributed by atoms with Crippen molar-refractivity contribution in [2.75, 3.05) is 31.1 Å². The van der Waals surface area contributed by atoms with Gasteiger partial charge in [0.15, 0.2) is 0 Å². The van der Waals surface area contributed by atoms with Crippen LogP contribution in [0, 0.1) is 5.82 Å². The van der Waals surface area contributed by atoms with Crippen molar-refractivity contribution >= 4 is 11.6 Å². The van der Waals surface area contributed by atoms with E-state index in [0.29, 0.717) is 37.9 Å². The third-order valence-electron chi connectivity index (χ3n) is 3.79. The molecule has 0 radical (unpaired) electrons. The molecule has 0 aliphatic carbocycles. The van der Waals surface area contributed by atoms with Crippen LogP contribution in [0.4, 0.5) is 10.1 Å². The van der Waals surface area contributed by atoms with E-state index in [-0.39, 0.29) is 11.7 Å². The van der Waals surface area contributed by atoms with E-state index in [0.717, 1.165) is 12.1 Å². The smallest absolute Gasteiger partial charge is 0.219 e. The van der Waals surface area contributed by atoms with Gasteiger partial charge in [-0.05, 0) is 17.7 Å². The number of hydrogen-bond acceptors (Lipinski definition) is 3. The molecule has 1 heterocycles. The van der Waals surface area contributed by atoms with E-state index in [1.165, 1.54) is 6.07 Å². The number of hydrogen-bond donors (Lipinski definition) is 1. The summed E-state index contributed by atoms with van der Waals surface area (Å²) in [6.45, 7) is 9.16. The summed E-state index contributed by atoms with van der Waals surface area (Å²) in [5, 5.41) is 3.34. The zero-order valence-corrected chi connectivity index (χ0v) is 13.0. The second-order valence-corrected chi connectivity index (χ2v) is 5.81. The number of amides is 1. The molecule has 1 fully saturated rings. The summed E-state index contributed by atoms with van der Waals surface area (Å²) in [5.41, 5.74) is 1.72. The minimum atomic E-state index is -0.195. The van der Waals surface area contributed by atoms with Crippen LogP contribution in [0.1, 0.15) is 26.3 Å². The minimum Gasteiger partial charge on any atom is -0.366 e. The lowest BCUT2D eigenvalue weighted by molar-refractivity contribution is -0.129. The summed E-state index contributed by atoms with van der Waals surface area (Å²) in [4.78, 5) is 15.2. The molecule has 0 unspecified atom stereocenters. The number of nitrogens with zero attached hydrogens (tertiary/aromatic N) is 2. The van der Waals surface area contributed by atoms with Gasteiger partial charge in [0.1, 0.15) is 5.82 Å². The first-order valence-corrected chi connectivity index (χ1v) is 7.49. The molecule has 4 nitrogen and oxygen atoms in total. The largest absolute Gasteiger partial charge is 0.366 e. The van der Waals surface area contributed by atoms with Crippen LogP contribution in [0.5, 0.6) is 0 Å². The number of anilines is 1. The fourth-order valence-electron chi connectivity index (χ4n) is 2.49. The Labute approximate surface area is 125 Å². The molecule has 5 heteroatoms. The lowest BCUT2D eigenvalue weighted by atomic mass is 10.1. The molecule has 1 aromatic rings. The van der Waals surface area contributed by atoms with E-state index in [2.05, 4.69) is 19.2 Å². The fourth-order valence-corrected chi connectivity index (χ4v) is 2.49. The lowest BCUT2D eigenvalue weighted by Crippen LogP contribution is -2.48. The maximum atomic E-state index is 14.1. The van der Waals surface area contributed by atoms with Crippen molar-refractivity contribution in [3.8, 4) is 0 Å². The number of carbonyl (C=O) groups is 1. The van der Waals surface area contributed by atoms with Crippen molar-refractivity contribution in [1.82, 2.24) is 10.2 Å². The van der Waals surface area contributed by atoms with Crippen LogP contribution < -0.4 is 10.2 Å². The third kappa shape index (κ3) is 4.17. The number of carbonyl (C=O) groups excluding carboxylic acids is 1. The van der Waals surface area contributed by atoms with Crippen molar-refractivity contribution < 1.29 is 9.18 Å². The van der Waals surface area contributed by atoms with Gasteiger partial charge in [-0.15, -0.1) is 0 Å². The topological polar surface area (TPSA) is 35.6 Å². The first-order chi connectivity index (χ1) is 9.97. The summed E-state index contributed by atoms with van der Waals surface area (Å²) in [6.07, 6.45) is 0. The molecule has 1 aliphatic heterocycles. The van der Waals surface area contributed by atoms with Gasteiger partial charge < -0.3 is 15.1 Å². The number of piperazine rings is 1. The molecular weight excluding hydrogens is 269 g/mol. The second kappa shape index (κ2) is 6.89. The highest BCUT2D eigenvalue weighted by atomic mass is 19.1. The SMILES string of the molecule is CC(=O)N1CCN(c2cc(CNC(C)C)ccc2F)CC1. The average molecular weight is 293 g/mol. The molecule has 1 amide bonds. The van der Waals surface area contributed by atoms with Crippen molar-refractivity contribution in [1.29, 1.82) is 0 Å². The molecule has 1 aliphatic rings. The zero-order valence-electron chi connectivity index (χ0n) is 13.0. The Morgan fingerprint density at radius 3 is 2.52 bits per heavy atom. The highest BCUT2D eigenvalue weighted by molar-refractivity contribution is 5.73. The number of nitrogens with one attached hydrogen (secondary N) is 1. The van der Waals surface area contributed by atoms with Crippen LogP contribution in [-0.2, 0) is 11.3 Å². The van der Waals surface area contributed by atoms with Crippen LogP contribution in [-0.4, -0.2) is 43.0 Å². The lowest BCUT2D eigenvalue weighted by Gasteiger charge is -2.36. The summed E-state index contributed by atoms with van der Waals surface area (Å²) >= 11 is 0. The predicted molar refractivity (Wildman–Crippen MR) is 82.8 cm³/mol. The summed E-state index contributed by atoms with van der Waals surface area (Å²) < 4.78 is 14.1. The maximum absolute atomic E-state index is 14.1. The highest BCUT2D eigenvalue weighted by Crippen LogP contribution is 2.22. The maximum Gasteiger partial charge on any atom is 0.219 e. The quantitative estimate of drug-likeness (QED) is 0.922. The Morgan fingerprint density at radius 2 is 1.95 bits per heavy atom. The van der Waals surface area contributed by atoms with Gasteiger partial charge in [0, 0.05) is 45.7 Å². The third-order valence-corrected chi connectivity index (χ3v) is 3.79. The van der Waals surface area contributed by atoms with E-state index >= 15 is 0 Å². The van der Waals surface area contributed by atoms with Gasteiger partial charge in [0.05, 0.1) is 5.69 Å². The van der Waals surface area contributed by atoms with E-state index < -0.39 is 0 Å². The first-order valence-electron chi connectivity index (χ1n) is 7.49. The molecule has 116 valence electrons. The Bertz CT molecular complexity index is 496. The number of halogens is 1. The first kappa shape index (κ1) is 15.8. The van der Waals surface area contributed by atoms with Gasteiger partial charge in [-0.25, -0.2) is 4.39 Å². The van der Waals surface area contributed by atoms with Crippen LogP contribution in [0.25, 0.3) is 0 Å². The molecule has 1 saturated heterocycles. The van der Waals surface area contributed by atoms with E-state index in [9.17, 15) is 9.18 Å². The minimum absolute atomic E-state index is 0.0880. The van der Waals surface area contributed by atoms with Crippen LogP contribution in [0.3, 0.4) is 0 Å². The van der Waals surface area contributed by atoms with Crippen molar-refractivity contribution in [2.24, 2.45) is 0 Å². The van der Waals surface area contributed by atoms with Crippen molar-refractivity contribution in [3.05, 3.63) is 29.6 Å². The summed E-state index contributed by atoms with van der Waals surface area (Å²) in [6, 6.07) is 5.66. The van der Waals surface area contributed by atoms with Crippen molar-refractivity contribution in [2.45, 2.75) is 33.4 Å².